The molecule has 0 amide bonds. The number of benzene rings is 2. The van der Waals surface area contributed by atoms with Gasteiger partial charge in [-0.2, -0.15) is 0 Å². The van der Waals surface area contributed by atoms with Crippen LogP contribution in [0, 0.1) is 0 Å². The third-order valence-electron chi connectivity index (χ3n) is 3.86. The monoisotopic (exact) mass is 268 g/mol. The van der Waals surface area contributed by atoms with Crippen molar-refractivity contribution in [2.45, 2.75) is 37.6 Å². The second kappa shape index (κ2) is 6.21. The lowest BCUT2D eigenvalue weighted by Gasteiger charge is -2.33. The van der Waals surface area contributed by atoms with Crippen LogP contribution >= 0.6 is 0 Å². The number of hydrogen-bond donors (Lipinski definition) is 1. The smallest absolute Gasteiger partial charge is 0.0853 e. The summed E-state index contributed by atoms with van der Waals surface area (Å²) >= 11 is 0. The molecule has 0 aliphatic carbocycles. The van der Waals surface area contributed by atoms with Crippen LogP contribution in [0.2, 0.25) is 0 Å². The fourth-order valence-corrected chi connectivity index (χ4v) is 2.88. The van der Waals surface area contributed by atoms with Crippen LogP contribution in [0.1, 0.15) is 30.1 Å². The van der Waals surface area contributed by atoms with Crippen molar-refractivity contribution >= 4 is 0 Å². The molecule has 3 rings (SSSR count). The van der Waals surface area contributed by atoms with Gasteiger partial charge in [-0.05, 0) is 24.0 Å². The van der Waals surface area contributed by atoms with E-state index in [1.807, 2.05) is 36.4 Å². The first-order chi connectivity index (χ1) is 9.81. The van der Waals surface area contributed by atoms with E-state index in [4.69, 9.17) is 4.74 Å². The topological polar surface area (TPSA) is 29.5 Å². The van der Waals surface area contributed by atoms with Crippen molar-refractivity contribution in [1.82, 2.24) is 0 Å². The van der Waals surface area contributed by atoms with Crippen LogP contribution in [0.4, 0.5) is 0 Å². The zero-order chi connectivity index (χ0) is 13.8. The third kappa shape index (κ3) is 3.27. The van der Waals surface area contributed by atoms with Crippen molar-refractivity contribution in [2.24, 2.45) is 0 Å². The minimum Gasteiger partial charge on any atom is -0.393 e. The molecule has 1 fully saturated rings. The zero-order valence-electron chi connectivity index (χ0n) is 11.5. The lowest BCUT2D eigenvalue weighted by atomic mass is 9.93. The normalized spacial score (nSPS) is 26.4. The van der Waals surface area contributed by atoms with Crippen LogP contribution in [0.15, 0.2) is 60.7 Å². The molecule has 2 nitrogen and oxygen atoms in total. The van der Waals surface area contributed by atoms with E-state index in [2.05, 4.69) is 24.3 Å². The summed E-state index contributed by atoms with van der Waals surface area (Å²) in [6.07, 6.45) is 2.09. The fraction of sp³-hybridized carbons (Fsp3) is 0.333. The number of rotatable bonds is 3. The summed E-state index contributed by atoms with van der Waals surface area (Å²) in [5.41, 5.74) is 2.42. The molecule has 104 valence electrons. The quantitative estimate of drug-likeness (QED) is 0.923. The molecule has 3 atom stereocenters. The Morgan fingerprint density at radius 2 is 1.55 bits per heavy atom. The summed E-state index contributed by atoms with van der Waals surface area (Å²) in [5, 5.41) is 10.1. The number of aliphatic hydroxyl groups excluding tert-OH is 1. The Bertz CT molecular complexity index is 524. The first-order valence-corrected chi connectivity index (χ1v) is 7.23. The van der Waals surface area contributed by atoms with E-state index in [-0.39, 0.29) is 18.3 Å². The SMILES string of the molecule is O[C@H]1C[C@@H](Cc2ccccc2)O[C@@H](c2ccccc2)C1. The minimum atomic E-state index is -0.275. The maximum absolute atomic E-state index is 10.1. The van der Waals surface area contributed by atoms with E-state index in [9.17, 15) is 5.11 Å². The molecule has 0 aromatic heterocycles. The van der Waals surface area contributed by atoms with Crippen LogP contribution in [-0.4, -0.2) is 17.3 Å². The first kappa shape index (κ1) is 13.3. The summed E-state index contributed by atoms with van der Waals surface area (Å²) < 4.78 is 6.19. The van der Waals surface area contributed by atoms with Crippen LogP contribution in [0.5, 0.6) is 0 Å². The lowest BCUT2D eigenvalue weighted by Crippen LogP contribution is -2.32. The van der Waals surface area contributed by atoms with Crippen molar-refractivity contribution < 1.29 is 9.84 Å². The molecule has 0 bridgehead atoms. The van der Waals surface area contributed by atoms with E-state index in [1.165, 1.54) is 5.56 Å². The highest BCUT2D eigenvalue weighted by Gasteiger charge is 2.29. The molecule has 2 heteroatoms. The van der Waals surface area contributed by atoms with Gasteiger partial charge in [0.15, 0.2) is 0 Å². The van der Waals surface area contributed by atoms with Gasteiger partial charge in [-0.1, -0.05) is 60.7 Å². The molecule has 1 aliphatic heterocycles. The highest BCUT2D eigenvalue weighted by molar-refractivity contribution is 5.19. The molecule has 1 N–H and O–H groups in total. The van der Waals surface area contributed by atoms with Gasteiger partial charge in [0.1, 0.15) is 0 Å². The molecule has 0 spiro atoms. The van der Waals surface area contributed by atoms with Gasteiger partial charge in [0.2, 0.25) is 0 Å². The standard InChI is InChI=1S/C18H20O2/c19-16-12-17(11-14-7-3-1-4-8-14)20-18(13-16)15-9-5-2-6-10-15/h1-10,16-19H,11-13H2/t16-,17+,18+/m0/s1. The van der Waals surface area contributed by atoms with Gasteiger partial charge in [0, 0.05) is 6.42 Å². The van der Waals surface area contributed by atoms with E-state index >= 15 is 0 Å². The maximum Gasteiger partial charge on any atom is 0.0853 e. The summed E-state index contributed by atoms with van der Waals surface area (Å²) in [7, 11) is 0. The van der Waals surface area contributed by atoms with Gasteiger partial charge in [-0.3, -0.25) is 0 Å². The van der Waals surface area contributed by atoms with Crippen LogP contribution in [-0.2, 0) is 11.2 Å². The summed E-state index contributed by atoms with van der Waals surface area (Å²) in [5.74, 6) is 0. The van der Waals surface area contributed by atoms with Crippen LogP contribution < -0.4 is 0 Å². The molecule has 20 heavy (non-hydrogen) atoms. The maximum atomic E-state index is 10.1. The Hall–Kier alpha value is -1.64. The van der Waals surface area contributed by atoms with Gasteiger partial charge in [-0.15, -0.1) is 0 Å². The van der Waals surface area contributed by atoms with Gasteiger partial charge >= 0.3 is 0 Å². The lowest BCUT2D eigenvalue weighted by molar-refractivity contribution is -0.0967. The second-order valence-corrected chi connectivity index (χ2v) is 5.47. The van der Waals surface area contributed by atoms with Crippen molar-refractivity contribution in [1.29, 1.82) is 0 Å². The van der Waals surface area contributed by atoms with Gasteiger partial charge in [0.05, 0.1) is 18.3 Å². The number of ether oxygens (including phenoxy) is 1. The second-order valence-electron chi connectivity index (χ2n) is 5.47. The average Bonchev–Trinajstić information content (AvgIpc) is 2.49. The van der Waals surface area contributed by atoms with Gasteiger partial charge in [-0.25, -0.2) is 0 Å². The Kier molecular flexibility index (Phi) is 4.14. The predicted molar refractivity (Wildman–Crippen MR) is 79.4 cm³/mol. The highest BCUT2D eigenvalue weighted by Crippen LogP contribution is 2.32. The Labute approximate surface area is 120 Å². The highest BCUT2D eigenvalue weighted by atomic mass is 16.5. The molecule has 2 aromatic rings. The van der Waals surface area contributed by atoms with Crippen molar-refractivity contribution in [3.05, 3.63) is 71.8 Å². The number of aliphatic hydroxyl groups is 1. The summed E-state index contributed by atoms with van der Waals surface area (Å²) in [4.78, 5) is 0. The molecule has 0 radical (unpaired) electrons. The number of hydrogen-bond acceptors (Lipinski definition) is 2. The van der Waals surface area contributed by atoms with Crippen LogP contribution in [0.25, 0.3) is 0 Å². The molecule has 0 saturated carbocycles. The van der Waals surface area contributed by atoms with E-state index in [0.29, 0.717) is 6.42 Å². The Morgan fingerprint density at radius 3 is 2.25 bits per heavy atom. The third-order valence-corrected chi connectivity index (χ3v) is 3.86. The van der Waals surface area contributed by atoms with Crippen molar-refractivity contribution in [3.63, 3.8) is 0 Å². The Morgan fingerprint density at radius 1 is 0.900 bits per heavy atom. The largest absolute Gasteiger partial charge is 0.393 e. The average molecular weight is 268 g/mol. The van der Waals surface area contributed by atoms with Crippen molar-refractivity contribution in [2.75, 3.05) is 0 Å². The van der Waals surface area contributed by atoms with E-state index in [0.717, 1.165) is 18.4 Å². The van der Waals surface area contributed by atoms with Gasteiger partial charge in [0.25, 0.3) is 0 Å². The summed E-state index contributed by atoms with van der Waals surface area (Å²) in [6, 6.07) is 20.5. The zero-order valence-corrected chi connectivity index (χ0v) is 11.5. The molecular formula is C18H20O2. The first-order valence-electron chi connectivity index (χ1n) is 7.23. The fourth-order valence-electron chi connectivity index (χ4n) is 2.88. The molecular weight excluding hydrogens is 248 g/mol. The summed E-state index contributed by atoms with van der Waals surface area (Å²) in [6.45, 7) is 0. The van der Waals surface area contributed by atoms with E-state index < -0.39 is 0 Å². The molecule has 2 aromatic carbocycles. The Balaban J connectivity index is 1.70. The van der Waals surface area contributed by atoms with E-state index in [1.54, 1.807) is 0 Å². The predicted octanol–water partition coefficient (Wildman–Crippen LogP) is 3.51. The molecule has 1 aliphatic rings. The van der Waals surface area contributed by atoms with Gasteiger partial charge < -0.3 is 9.84 Å². The van der Waals surface area contributed by atoms with Crippen LogP contribution in [0.3, 0.4) is 0 Å². The minimum absolute atomic E-state index is 0.00802. The molecule has 0 unspecified atom stereocenters. The molecule has 1 heterocycles. The molecule has 1 saturated heterocycles. The van der Waals surface area contributed by atoms with Crippen molar-refractivity contribution in [3.8, 4) is 0 Å².